The Morgan fingerprint density at radius 1 is 1.41 bits per heavy atom. The summed E-state index contributed by atoms with van der Waals surface area (Å²) < 4.78 is 15.7. The third-order valence-corrected chi connectivity index (χ3v) is 2.18. The van der Waals surface area contributed by atoms with Crippen LogP contribution in [0.1, 0.15) is 5.56 Å². The van der Waals surface area contributed by atoms with Crippen molar-refractivity contribution in [2.75, 3.05) is 13.4 Å². The van der Waals surface area contributed by atoms with Crippen molar-refractivity contribution in [2.24, 2.45) is 0 Å². The number of carbonyl (C=O) groups is 1. The third kappa shape index (κ3) is 3.22. The number of hydrogen-bond donors (Lipinski definition) is 1. The molecule has 0 spiro atoms. The van der Waals surface area contributed by atoms with Gasteiger partial charge in [-0.3, -0.25) is 0 Å². The number of rotatable bonds is 5. The molecule has 1 aliphatic heterocycles. The molecule has 0 bridgehead atoms. The van der Waals surface area contributed by atoms with Gasteiger partial charge in [-0.1, -0.05) is 12.1 Å². The van der Waals surface area contributed by atoms with Gasteiger partial charge in [0.05, 0.1) is 13.2 Å². The molecule has 17 heavy (non-hydrogen) atoms. The first-order chi connectivity index (χ1) is 8.25. The minimum Gasteiger partial charge on any atom is -0.478 e. The highest BCUT2D eigenvalue weighted by atomic mass is 16.7. The van der Waals surface area contributed by atoms with Crippen molar-refractivity contribution in [3.8, 4) is 11.5 Å². The van der Waals surface area contributed by atoms with Crippen LogP contribution < -0.4 is 9.47 Å². The second-order valence-electron chi connectivity index (χ2n) is 3.44. The van der Waals surface area contributed by atoms with Gasteiger partial charge in [-0.25, -0.2) is 4.79 Å². The van der Waals surface area contributed by atoms with E-state index in [2.05, 4.69) is 0 Å². The second-order valence-corrected chi connectivity index (χ2v) is 3.44. The van der Waals surface area contributed by atoms with Crippen molar-refractivity contribution in [3.05, 3.63) is 35.9 Å². The summed E-state index contributed by atoms with van der Waals surface area (Å²) in [4.78, 5) is 10.2. The Bertz CT molecular complexity index is 439. The van der Waals surface area contributed by atoms with Gasteiger partial charge in [-0.15, -0.1) is 0 Å². The van der Waals surface area contributed by atoms with E-state index in [4.69, 9.17) is 19.3 Å². The van der Waals surface area contributed by atoms with Crippen LogP contribution in [0, 0.1) is 0 Å². The number of aliphatic carboxylic acids is 1. The van der Waals surface area contributed by atoms with Crippen LogP contribution in [-0.2, 0) is 16.1 Å². The zero-order valence-corrected chi connectivity index (χ0v) is 9.09. The van der Waals surface area contributed by atoms with Gasteiger partial charge in [0, 0.05) is 6.08 Å². The number of carboxylic acid groups (broad SMARTS) is 1. The number of fused-ring (bicyclic) bond motifs is 1. The average Bonchev–Trinajstić information content (AvgIpc) is 2.75. The molecule has 0 unspecified atom stereocenters. The van der Waals surface area contributed by atoms with Crippen molar-refractivity contribution >= 4 is 5.97 Å². The summed E-state index contributed by atoms with van der Waals surface area (Å²) in [5.41, 5.74) is 0.956. The van der Waals surface area contributed by atoms with Crippen LogP contribution in [0.3, 0.4) is 0 Å². The first-order valence-corrected chi connectivity index (χ1v) is 5.11. The fourth-order valence-corrected chi connectivity index (χ4v) is 1.42. The van der Waals surface area contributed by atoms with Crippen LogP contribution in [0.25, 0.3) is 0 Å². The molecular formula is C12H12O5. The Morgan fingerprint density at radius 2 is 2.24 bits per heavy atom. The van der Waals surface area contributed by atoms with Gasteiger partial charge < -0.3 is 19.3 Å². The van der Waals surface area contributed by atoms with E-state index in [1.165, 1.54) is 6.08 Å². The zero-order valence-electron chi connectivity index (χ0n) is 9.09. The van der Waals surface area contributed by atoms with Crippen LogP contribution >= 0.6 is 0 Å². The summed E-state index contributed by atoms with van der Waals surface area (Å²) in [6, 6.07) is 5.56. The average molecular weight is 236 g/mol. The molecule has 0 aliphatic carbocycles. The molecule has 1 heterocycles. The smallest absolute Gasteiger partial charge is 0.328 e. The SMILES string of the molecule is O=C(O)C=CCOCc1ccc2c(c1)OCO2. The fourth-order valence-electron chi connectivity index (χ4n) is 1.42. The molecule has 0 fully saturated rings. The van der Waals surface area contributed by atoms with Gasteiger partial charge in [-0.05, 0) is 17.7 Å². The van der Waals surface area contributed by atoms with E-state index < -0.39 is 5.97 Å². The minimum atomic E-state index is -0.975. The number of benzene rings is 1. The van der Waals surface area contributed by atoms with Crippen molar-refractivity contribution in [2.45, 2.75) is 6.61 Å². The molecule has 5 nitrogen and oxygen atoms in total. The topological polar surface area (TPSA) is 65.0 Å². The highest BCUT2D eigenvalue weighted by Gasteiger charge is 2.12. The van der Waals surface area contributed by atoms with E-state index in [0.717, 1.165) is 17.4 Å². The molecule has 90 valence electrons. The maximum atomic E-state index is 10.2. The Labute approximate surface area is 98.2 Å². The largest absolute Gasteiger partial charge is 0.478 e. The van der Waals surface area contributed by atoms with Crippen molar-refractivity contribution in [1.82, 2.24) is 0 Å². The molecule has 5 heteroatoms. The normalized spacial score (nSPS) is 13.2. The molecule has 0 amide bonds. The van der Waals surface area contributed by atoms with E-state index in [1.54, 1.807) is 0 Å². The predicted molar refractivity (Wildman–Crippen MR) is 59.0 cm³/mol. The maximum absolute atomic E-state index is 10.2. The van der Waals surface area contributed by atoms with Gasteiger partial charge >= 0.3 is 5.97 Å². The summed E-state index contributed by atoms with van der Waals surface area (Å²) in [6.07, 6.45) is 2.51. The highest BCUT2D eigenvalue weighted by Crippen LogP contribution is 2.32. The van der Waals surface area contributed by atoms with E-state index in [1.807, 2.05) is 18.2 Å². The Balaban J connectivity index is 1.81. The standard InChI is InChI=1S/C12H12O5/c13-12(14)2-1-5-15-7-9-3-4-10-11(6-9)17-8-16-10/h1-4,6H,5,7-8H2,(H,13,14). The molecule has 0 atom stereocenters. The molecular weight excluding hydrogens is 224 g/mol. The molecule has 0 aromatic heterocycles. The molecule has 2 rings (SSSR count). The van der Waals surface area contributed by atoms with Gasteiger partial charge in [0.15, 0.2) is 11.5 Å². The van der Waals surface area contributed by atoms with Crippen LogP contribution in [0.2, 0.25) is 0 Å². The van der Waals surface area contributed by atoms with E-state index in [9.17, 15) is 4.79 Å². The van der Waals surface area contributed by atoms with Crippen molar-refractivity contribution in [1.29, 1.82) is 0 Å². The predicted octanol–water partition coefficient (Wildman–Crippen LogP) is 1.57. The van der Waals surface area contributed by atoms with Crippen molar-refractivity contribution in [3.63, 3.8) is 0 Å². The number of ether oxygens (including phenoxy) is 3. The molecule has 0 radical (unpaired) electrons. The maximum Gasteiger partial charge on any atom is 0.328 e. The summed E-state index contributed by atoms with van der Waals surface area (Å²) >= 11 is 0. The van der Waals surface area contributed by atoms with Gasteiger partial charge in [-0.2, -0.15) is 0 Å². The minimum absolute atomic E-state index is 0.251. The van der Waals surface area contributed by atoms with Gasteiger partial charge in [0.25, 0.3) is 0 Å². The second kappa shape index (κ2) is 5.36. The summed E-state index contributed by atoms with van der Waals surface area (Å²) in [5, 5.41) is 8.36. The van der Waals surface area contributed by atoms with E-state index in [0.29, 0.717) is 12.4 Å². The monoisotopic (exact) mass is 236 g/mol. The van der Waals surface area contributed by atoms with Crippen LogP contribution in [0.4, 0.5) is 0 Å². The summed E-state index contributed by atoms with van der Waals surface area (Å²) in [6.45, 7) is 0.919. The van der Waals surface area contributed by atoms with E-state index in [-0.39, 0.29) is 13.4 Å². The van der Waals surface area contributed by atoms with Crippen molar-refractivity contribution < 1.29 is 24.1 Å². The lowest BCUT2D eigenvalue weighted by atomic mass is 10.2. The Kier molecular flexibility index (Phi) is 3.62. The third-order valence-electron chi connectivity index (χ3n) is 2.18. The van der Waals surface area contributed by atoms with E-state index >= 15 is 0 Å². The number of carboxylic acids is 1. The quantitative estimate of drug-likeness (QED) is 0.621. The Hall–Kier alpha value is -2.01. The van der Waals surface area contributed by atoms with Gasteiger partial charge in [0.1, 0.15) is 0 Å². The first-order valence-electron chi connectivity index (χ1n) is 5.11. The molecule has 1 aromatic rings. The fraction of sp³-hybridized carbons (Fsp3) is 0.250. The first kappa shape index (κ1) is 11.5. The van der Waals surface area contributed by atoms with Crippen LogP contribution in [0.5, 0.6) is 11.5 Å². The summed E-state index contributed by atoms with van der Waals surface area (Å²) in [5.74, 6) is 0.475. The molecule has 0 saturated heterocycles. The van der Waals surface area contributed by atoms with Gasteiger partial charge in [0.2, 0.25) is 6.79 Å². The molecule has 1 N–H and O–H groups in total. The lowest BCUT2D eigenvalue weighted by molar-refractivity contribution is -0.131. The lowest BCUT2D eigenvalue weighted by Gasteiger charge is -2.02. The summed E-state index contributed by atoms with van der Waals surface area (Å²) in [7, 11) is 0. The number of hydrogen-bond acceptors (Lipinski definition) is 4. The molecule has 1 aliphatic rings. The highest BCUT2D eigenvalue weighted by molar-refractivity contribution is 5.79. The molecule has 0 saturated carbocycles. The van der Waals surface area contributed by atoms with Crippen LogP contribution in [0.15, 0.2) is 30.4 Å². The zero-order chi connectivity index (χ0) is 12.1. The Morgan fingerprint density at radius 3 is 3.06 bits per heavy atom. The molecule has 1 aromatic carbocycles. The lowest BCUT2D eigenvalue weighted by Crippen LogP contribution is -1.94. The van der Waals surface area contributed by atoms with Crippen LogP contribution in [-0.4, -0.2) is 24.5 Å².